The van der Waals surface area contributed by atoms with E-state index in [1.807, 2.05) is 20.8 Å². The van der Waals surface area contributed by atoms with Gasteiger partial charge in [0.25, 0.3) is 0 Å². The van der Waals surface area contributed by atoms with Crippen molar-refractivity contribution in [1.29, 1.82) is 0 Å². The minimum atomic E-state index is -0.382. The standard InChI is InChI=1S/C24H50N4O5/c1-5-21(29)18-25-10-8-11-27(20-23(31)7-3)16-17-28(24(32)33-4)13-9-12-26(15-14-25)19-22(30)6-2/h21-23,29-31H,5-20H2,1-4H3. The van der Waals surface area contributed by atoms with Gasteiger partial charge in [-0.2, -0.15) is 0 Å². The molecule has 9 heteroatoms. The summed E-state index contributed by atoms with van der Waals surface area (Å²) in [6.45, 7) is 13.7. The Morgan fingerprint density at radius 2 is 1.03 bits per heavy atom. The molecule has 0 aromatic carbocycles. The van der Waals surface area contributed by atoms with Gasteiger partial charge in [0.1, 0.15) is 0 Å². The molecule has 0 aromatic heterocycles. The van der Waals surface area contributed by atoms with Crippen molar-refractivity contribution in [3.63, 3.8) is 0 Å². The van der Waals surface area contributed by atoms with E-state index in [2.05, 4.69) is 14.7 Å². The Morgan fingerprint density at radius 3 is 1.39 bits per heavy atom. The molecule has 0 aliphatic carbocycles. The van der Waals surface area contributed by atoms with Crippen LogP contribution in [0.3, 0.4) is 0 Å². The molecule has 0 radical (unpaired) electrons. The van der Waals surface area contributed by atoms with E-state index in [0.29, 0.717) is 52.1 Å². The number of carbonyl (C=O) groups is 1. The first-order valence-electron chi connectivity index (χ1n) is 12.9. The number of β-amino-alcohol motifs (C(OH)–C–C–N with tert-alkyl or cyclic N) is 3. The summed E-state index contributed by atoms with van der Waals surface area (Å²) in [4.78, 5) is 20.9. The van der Waals surface area contributed by atoms with Gasteiger partial charge in [-0.25, -0.2) is 4.79 Å². The summed E-state index contributed by atoms with van der Waals surface area (Å²) in [5.74, 6) is 0. The third-order valence-corrected chi connectivity index (χ3v) is 6.52. The Hall–Kier alpha value is -0.970. The van der Waals surface area contributed by atoms with Crippen molar-refractivity contribution in [3.8, 4) is 0 Å². The van der Waals surface area contributed by atoms with Crippen LogP contribution >= 0.6 is 0 Å². The van der Waals surface area contributed by atoms with Gasteiger partial charge in [0, 0.05) is 52.4 Å². The molecule has 1 heterocycles. The molecule has 0 saturated carbocycles. The number of ether oxygens (including phenoxy) is 1. The number of hydrogen-bond acceptors (Lipinski definition) is 8. The zero-order valence-electron chi connectivity index (χ0n) is 21.5. The first kappa shape index (κ1) is 30.1. The summed E-state index contributed by atoms with van der Waals surface area (Å²) in [6.07, 6.45) is 2.44. The molecule has 0 aromatic rings. The molecule has 33 heavy (non-hydrogen) atoms. The molecule has 1 amide bonds. The molecular formula is C24H50N4O5. The maximum absolute atomic E-state index is 12.3. The number of rotatable bonds is 9. The Kier molecular flexibility index (Phi) is 15.9. The number of nitrogens with zero attached hydrogens (tertiary/aromatic N) is 4. The smallest absolute Gasteiger partial charge is 0.409 e. The van der Waals surface area contributed by atoms with Gasteiger partial charge < -0.3 is 25.0 Å². The molecule has 3 N–H and O–H groups in total. The van der Waals surface area contributed by atoms with Crippen LogP contribution in [0, 0.1) is 0 Å². The van der Waals surface area contributed by atoms with E-state index in [4.69, 9.17) is 4.74 Å². The summed E-state index contributed by atoms with van der Waals surface area (Å²) >= 11 is 0. The summed E-state index contributed by atoms with van der Waals surface area (Å²) in [7, 11) is 1.41. The molecule has 3 atom stereocenters. The monoisotopic (exact) mass is 474 g/mol. The molecule has 0 spiro atoms. The summed E-state index contributed by atoms with van der Waals surface area (Å²) in [6, 6.07) is 0. The number of aliphatic hydroxyl groups is 3. The van der Waals surface area contributed by atoms with Gasteiger partial charge in [0.05, 0.1) is 25.4 Å². The zero-order valence-corrected chi connectivity index (χ0v) is 21.5. The average molecular weight is 475 g/mol. The van der Waals surface area contributed by atoms with Crippen LogP contribution in [0.5, 0.6) is 0 Å². The molecule has 1 rings (SSSR count). The molecule has 1 aliphatic rings. The molecule has 1 aliphatic heterocycles. The van der Waals surface area contributed by atoms with E-state index in [1.54, 1.807) is 4.90 Å². The number of hydrogen-bond donors (Lipinski definition) is 3. The lowest BCUT2D eigenvalue weighted by molar-refractivity contribution is 0.0684. The Morgan fingerprint density at radius 1 is 0.667 bits per heavy atom. The van der Waals surface area contributed by atoms with Gasteiger partial charge in [0.15, 0.2) is 0 Å². The van der Waals surface area contributed by atoms with Crippen molar-refractivity contribution in [2.75, 3.05) is 79.1 Å². The first-order valence-corrected chi connectivity index (χ1v) is 12.9. The molecule has 1 fully saturated rings. The van der Waals surface area contributed by atoms with Crippen LogP contribution in [-0.4, -0.2) is 138 Å². The molecular weight excluding hydrogens is 424 g/mol. The SMILES string of the molecule is CCC(O)CN1CCCN(CC(O)CC)CCN(C(=O)OC)CCCN(CC(O)CC)CC1. The van der Waals surface area contributed by atoms with Gasteiger partial charge in [-0.15, -0.1) is 0 Å². The minimum absolute atomic E-state index is 0.321. The predicted octanol–water partition coefficient (Wildman–Crippen LogP) is 1.07. The topological polar surface area (TPSA) is 100.0 Å². The highest BCUT2D eigenvalue weighted by atomic mass is 16.5. The van der Waals surface area contributed by atoms with Gasteiger partial charge >= 0.3 is 6.09 Å². The Labute approximate surface area is 201 Å². The van der Waals surface area contributed by atoms with Crippen LogP contribution in [0.15, 0.2) is 0 Å². The van der Waals surface area contributed by atoms with E-state index < -0.39 is 0 Å². The number of methoxy groups -OCH3 is 1. The second-order valence-electron chi connectivity index (χ2n) is 9.25. The first-order chi connectivity index (χ1) is 15.8. The maximum Gasteiger partial charge on any atom is 0.409 e. The lowest BCUT2D eigenvalue weighted by Crippen LogP contribution is -2.46. The molecule has 0 bridgehead atoms. The van der Waals surface area contributed by atoms with E-state index in [9.17, 15) is 20.1 Å². The van der Waals surface area contributed by atoms with Crippen LogP contribution in [0.1, 0.15) is 52.9 Å². The lowest BCUT2D eigenvalue weighted by atomic mass is 10.2. The third-order valence-electron chi connectivity index (χ3n) is 6.52. The van der Waals surface area contributed by atoms with Crippen LogP contribution in [0.2, 0.25) is 0 Å². The second kappa shape index (κ2) is 17.5. The quantitative estimate of drug-likeness (QED) is 0.456. The fraction of sp³-hybridized carbons (Fsp3) is 0.958. The Balaban J connectivity index is 2.93. The highest BCUT2D eigenvalue weighted by Crippen LogP contribution is 2.07. The number of aliphatic hydroxyl groups excluding tert-OH is 3. The summed E-state index contributed by atoms with van der Waals surface area (Å²) in [5.41, 5.74) is 0. The maximum atomic E-state index is 12.3. The van der Waals surface area contributed by atoms with Crippen molar-refractivity contribution in [3.05, 3.63) is 0 Å². The van der Waals surface area contributed by atoms with E-state index >= 15 is 0 Å². The van der Waals surface area contributed by atoms with Gasteiger partial charge in [0.2, 0.25) is 0 Å². The summed E-state index contributed by atoms with van der Waals surface area (Å²) in [5, 5.41) is 30.7. The molecule has 196 valence electrons. The van der Waals surface area contributed by atoms with Crippen molar-refractivity contribution < 1.29 is 24.9 Å². The summed E-state index contributed by atoms with van der Waals surface area (Å²) < 4.78 is 5.00. The normalized spacial score (nSPS) is 21.8. The van der Waals surface area contributed by atoms with Crippen molar-refractivity contribution in [2.24, 2.45) is 0 Å². The lowest BCUT2D eigenvalue weighted by Gasteiger charge is -2.33. The van der Waals surface area contributed by atoms with Gasteiger partial charge in [-0.05, 0) is 51.7 Å². The van der Waals surface area contributed by atoms with E-state index in [1.165, 1.54) is 7.11 Å². The minimum Gasteiger partial charge on any atom is -0.453 e. The van der Waals surface area contributed by atoms with Gasteiger partial charge in [-0.3, -0.25) is 14.7 Å². The van der Waals surface area contributed by atoms with Crippen molar-refractivity contribution in [2.45, 2.75) is 71.2 Å². The van der Waals surface area contributed by atoms with Crippen LogP contribution < -0.4 is 0 Å². The fourth-order valence-corrected chi connectivity index (χ4v) is 4.14. The van der Waals surface area contributed by atoms with Crippen LogP contribution in [0.25, 0.3) is 0 Å². The van der Waals surface area contributed by atoms with Crippen LogP contribution in [0.4, 0.5) is 4.79 Å². The fourth-order valence-electron chi connectivity index (χ4n) is 4.14. The van der Waals surface area contributed by atoms with Crippen molar-refractivity contribution >= 4 is 6.09 Å². The predicted molar refractivity (Wildman–Crippen MR) is 131 cm³/mol. The third kappa shape index (κ3) is 12.9. The highest BCUT2D eigenvalue weighted by molar-refractivity contribution is 5.67. The average Bonchev–Trinajstić information content (AvgIpc) is 2.82. The van der Waals surface area contributed by atoms with E-state index in [0.717, 1.165) is 52.0 Å². The highest BCUT2D eigenvalue weighted by Gasteiger charge is 2.20. The number of amides is 1. The second-order valence-corrected chi connectivity index (χ2v) is 9.25. The van der Waals surface area contributed by atoms with E-state index in [-0.39, 0.29) is 24.4 Å². The van der Waals surface area contributed by atoms with Crippen molar-refractivity contribution in [1.82, 2.24) is 19.6 Å². The molecule has 9 nitrogen and oxygen atoms in total. The molecule has 1 saturated heterocycles. The van der Waals surface area contributed by atoms with Gasteiger partial charge in [-0.1, -0.05) is 20.8 Å². The molecule has 3 unspecified atom stereocenters. The largest absolute Gasteiger partial charge is 0.453 e. The number of carbonyl (C=O) groups excluding carboxylic acids is 1. The Bertz CT molecular complexity index is 513. The zero-order chi connectivity index (χ0) is 24.6. The van der Waals surface area contributed by atoms with Crippen LogP contribution in [-0.2, 0) is 4.74 Å².